The van der Waals surface area contributed by atoms with Crippen LogP contribution in [0.1, 0.15) is 22.8 Å². The Morgan fingerprint density at radius 3 is 3.05 bits per heavy atom. The van der Waals surface area contributed by atoms with Crippen LogP contribution in [0, 0.1) is 5.41 Å². The maximum atomic E-state index is 12.3. The van der Waals surface area contributed by atoms with Crippen molar-refractivity contribution in [1.82, 2.24) is 5.32 Å². The number of fused-ring (bicyclic) bond motifs is 1. The number of carboxylic acids is 1. The standard InChI is InChI=1S/C15H18N2O4/c1-15(14(19)20)8-21-7-12(15)17-13(18)10-3-2-9-4-5-16-11(9)6-10/h2-3,6,12,16H,4-5,7-8H2,1H3,(H,17,18)(H,19,20). The van der Waals surface area contributed by atoms with E-state index in [0.29, 0.717) is 5.56 Å². The highest BCUT2D eigenvalue weighted by atomic mass is 16.5. The Morgan fingerprint density at radius 2 is 2.29 bits per heavy atom. The molecular formula is C15H18N2O4. The van der Waals surface area contributed by atoms with Gasteiger partial charge in [0.25, 0.3) is 5.91 Å². The monoisotopic (exact) mass is 290 g/mol. The van der Waals surface area contributed by atoms with Crippen molar-refractivity contribution in [2.24, 2.45) is 5.41 Å². The van der Waals surface area contributed by atoms with Crippen LogP contribution in [0.15, 0.2) is 18.2 Å². The SMILES string of the molecule is CC1(C(=O)O)COCC1NC(=O)c1ccc2c(c1)NCC2. The van der Waals surface area contributed by atoms with Gasteiger partial charge >= 0.3 is 5.97 Å². The number of nitrogens with one attached hydrogen (secondary N) is 2. The van der Waals surface area contributed by atoms with Gasteiger partial charge in [-0.25, -0.2) is 0 Å². The number of carbonyl (C=O) groups is 2. The van der Waals surface area contributed by atoms with Gasteiger partial charge in [-0.1, -0.05) is 6.07 Å². The van der Waals surface area contributed by atoms with Gasteiger partial charge in [-0.05, 0) is 31.0 Å². The molecule has 0 spiro atoms. The first kappa shape index (κ1) is 13.9. The zero-order valence-corrected chi connectivity index (χ0v) is 11.8. The molecule has 6 nitrogen and oxygen atoms in total. The van der Waals surface area contributed by atoms with Gasteiger partial charge in [0, 0.05) is 17.8 Å². The van der Waals surface area contributed by atoms with Crippen molar-refractivity contribution in [3.05, 3.63) is 29.3 Å². The number of benzene rings is 1. The van der Waals surface area contributed by atoms with E-state index in [-0.39, 0.29) is 19.1 Å². The Kier molecular flexibility index (Phi) is 3.33. The molecule has 2 heterocycles. The average molecular weight is 290 g/mol. The molecule has 2 atom stereocenters. The minimum absolute atomic E-state index is 0.110. The summed E-state index contributed by atoms with van der Waals surface area (Å²) >= 11 is 0. The Balaban J connectivity index is 1.76. The second-order valence-corrected chi connectivity index (χ2v) is 5.81. The molecule has 2 aliphatic rings. The summed E-state index contributed by atoms with van der Waals surface area (Å²) in [6, 6.07) is 5.00. The molecule has 2 unspecified atom stereocenters. The van der Waals surface area contributed by atoms with Crippen molar-refractivity contribution in [2.45, 2.75) is 19.4 Å². The lowest BCUT2D eigenvalue weighted by molar-refractivity contribution is -0.148. The number of anilines is 1. The van der Waals surface area contributed by atoms with Crippen LogP contribution < -0.4 is 10.6 Å². The van der Waals surface area contributed by atoms with E-state index in [1.165, 1.54) is 5.56 Å². The van der Waals surface area contributed by atoms with Crippen molar-refractivity contribution in [1.29, 1.82) is 0 Å². The second-order valence-electron chi connectivity index (χ2n) is 5.81. The zero-order chi connectivity index (χ0) is 15.0. The number of rotatable bonds is 3. The second kappa shape index (κ2) is 5.04. The summed E-state index contributed by atoms with van der Waals surface area (Å²) in [6.45, 7) is 2.81. The van der Waals surface area contributed by atoms with E-state index in [4.69, 9.17) is 4.74 Å². The maximum absolute atomic E-state index is 12.3. The van der Waals surface area contributed by atoms with Crippen LogP contribution in [-0.2, 0) is 16.0 Å². The van der Waals surface area contributed by atoms with E-state index in [0.717, 1.165) is 18.7 Å². The molecule has 0 bridgehead atoms. The van der Waals surface area contributed by atoms with Gasteiger partial charge in [0.05, 0.1) is 19.3 Å². The molecule has 3 N–H and O–H groups in total. The zero-order valence-electron chi connectivity index (χ0n) is 11.8. The molecule has 0 radical (unpaired) electrons. The molecule has 0 aromatic heterocycles. The average Bonchev–Trinajstić information content (AvgIpc) is 3.06. The van der Waals surface area contributed by atoms with E-state index >= 15 is 0 Å². The molecule has 112 valence electrons. The fraction of sp³-hybridized carbons (Fsp3) is 0.467. The first-order valence-electron chi connectivity index (χ1n) is 6.99. The molecular weight excluding hydrogens is 272 g/mol. The Hall–Kier alpha value is -2.08. The molecule has 21 heavy (non-hydrogen) atoms. The molecule has 0 saturated carbocycles. The normalized spacial score (nSPS) is 27.0. The summed E-state index contributed by atoms with van der Waals surface area (Å²) < 4.78 is 5.24. The van der Waals surface area contributed by atoms with E-state index in [2.05, 4.69) is 10.6 Å². The van der Waals surface area contributed by atoms with Gasteiger partial charge in [-0.2, -0.15) is 0 Å². The summed E-state index contributed by atoms with van der Waals surface area (Å²) in [7, 11) is 0. The van der Waals surface area contributed by atoms with Crippen LogP contribution in [0.25, 0.3) is 0 Å². The van der Waals surface area contributed by atoms with E-state index in [1.807, 2.05) is 12.1 Å². The third kappa shape index (κ3) is 2.35. The lowest BCUT2D eigenvalue weighted by Crippen LogP contribution is -2.49. The molecule has 6 heteroatoms. The molecule has 1 aromatic rings. The van der Waals surface area contributed by atoms with E-state index < -0.39 is 17.4 Å². The smallest absolute Gasteiger partial charge is 0.313 e. The predicted octanol–water partition coefficient (Wildman–Crippen LogP) is 0.874. The third-order valence-electron chi connectivity index (χ3n) is 4.33. The first-order valence-corrected chi connectivity index (χ1v) is 6.99. The van der Waals surface area contributed by atoms with Crippen molar-refractivity contribution >= 4 is 17.6 Å². The summed E-state index contributed by atoms with van der Waals surface area (Å²) in [5.74, 6) is -1.23. The molecule has 2 aliphatic heterocycles. The molecule has 1 aromatic carbocycles. The van der Waals surface area contributed by atoms with Crippen LogP contribution in [0.5, 0.6) is 0 Å². The number of carboxylic acid groups (broad SMARTS) is 1. The topological polar surface area (TPSA) is 87.7 Å². The van der Waals surface area contributed by atoms with Crippen molar-refractivity contribution in [3.63, 3.8) is 0 Å². The Morgan fingerprint density at radius 1 is 1.48 bits per heavy atom. The van der Waals surface area contributed by atoms with Crippen molar-refractivity contribution in [2.75, 3.05) is 25.1 Å². The minimum Gasteiger partial charge on any atom is -0.481 e. The summed E-state index contributed by atoms with van der Waals surface area (Å²) in [5.41, 5.74) is 1.63. The highest BCUT2D eigenvalue weighted by Crippen LogP contribution is 2.29. The van der Waals surface area contributed by atoms with Crippen LogP contribution in [0.2, 0.25) is 0 Å². The van der Waals surface area contributed by atoms with Crippen LogP contribution >= 0.6 is 0 Å². The van der Waals surface area contributed by atoms with Gasteiger partial charge in [0.2, 0.25) is 0 Å². The number of aliphatic carboxylic acids is 1. The van der Waals surface area contributed by atoms with Crippen molar-refractivity contribution in [3.8, 4) is 0 Å². The lowest BCUT2D eigenvalue weighted by Gasteiger charge is -2.25. The van der Waals surface area contributed by atoms with Crippen LogP contribution in [-0.4, -0.2) is 42.8 Å². The Labute approximate surface area is 122 Å². The third-order valence-corrected chi connectivity index (χ3v) is 4.33. The molecule has 1 saturated heterocycles. The van der Waals surface area contributed by atoms with Crippen LogP contribution in [0.3, 0.4) is 0 Å². The summed E-state index contributed by atoms with van der Waals surface area (Å²) in [6.07, 6.45) is 0.963. The minimum atomic E-state index is -1.08. The van der Waals surface area contributed by atoms with E-state index in [9.17, 15) is 14.7 Å². The fourth-order valence-electron chi connectivity index (χ4n) is 2.76. The summed E-state index contributed by atoms with van der Waals surface area (Å²) in [4.78, 5) is 23.7. The number of carbonyl (C=O) groups excluding carboxylic acids is 1. The quantitative estimate of drug-likeness (QED) is 0.769. The van der Waals surface area contributed by atoms with Gasteiger partial charge in [-0.3, -0.25) is 9.59 Å². The molecule has 3 rings (SSSR count). The lowest BCUT2D eigenvalue weighted by atomic mass is 9.85. The fourth-order valence-corrected chi connectivity index (χ4v) is 2.76. The molecule has 1 fully saturated rings. The molecule has 1 amide bonds. The van der Waals surface area contributed by atoms with Gasteiger partial charge in [0.15, 0.2) is 0 Å². The van der Waals surface area contributed by atoms with Gasteiger partial charge < -0.3 is 20.5 Å². The number of amides is 1. The number of ether oxygens (including phenoxy) is 1. The Bertz CT molecular complexity index is 601. The molecule has 0 aliphatic carbocycles. The highest BCUT2D eigenvalue weighted by molar-refractivity contribution is 5.96. The predicted molar refractivity (Wildman–Crippen MR) is 76.5 cm³/mol. The number of hydrogen-bond donors (Lipinski definition) is 3. The van der Waals surface area contributed by atoms with E-state index in [1.54, 1.807) is 13.0 Å². The summed E-state index contributed by atoms with van der Waals surface area (Å²) in [5, 5.41) is 15.3. The van der Waals surface area contributed by atoms with Gasteiger partial charge in [0.1, 0.15) is 5.41 Å². The maximum Gasteiger partial charge on any atom is 0.313 e. The van der Waals surface area contributed by atoms with Gasteiger partial charge in [-0.15, -0.1) is 0 Å². The number of hydrogen-bond acceptors (Lipinski definition) is 4. The highest BCUT2D eigenvalue weighted by Gasteiger charge is 2.47. The van der Waals surface area contributed by atoms with Crippen LogP contribution in [0.4, 0.5) is 5.69 Å². The first-order chi connectivity index (χ1) is 10.0. The van der Waals surface area contributed by atoms with Crippen molar-refractivity contribution < 1.29 is 19.4 Å². The largest absolute Gasteiger partial charge is 0.481 e.